The van der Waals surface area contributed by atoms with E-state index in [1.165, 1.54) is 36.0 Å². The van der Waals surface area contributed by atoms with Gasteiger partial charge in [-0.05, 0) is 29.8 Å². The maximum absolute atomic E-state index is 12.8. The minimum Gasteiger partial charge on any atom is -0.431 e. The Bertz CT molecular complexity index is 802. The molecule has 0 aliphatic rings. The van der Waals surface area contributed by atoms with Gasteiger partial charge in [0.2, 0.25) is 5.91 Å². The molecule has 1 aromatic heterocycles. The van der Waals surface area contributed by atoms with E-state index < -0.39 is 6.10 Å². The molecule has 3 rings (SSSR count). The lowest BCUT2D eigenvalue weighted by Crippen LogP contribution is -2.29. The van der Waals surface area contributed by atoms with Gasteiger partial charge in [-0.2, -0.15) is 0 Å². The standard InChI is InChI=1S/C17H15FN2O3S/c18-12-7-5-11(6-8-12)14(21)9-19-16(22)10-24-17-20-13-3-1-2-4-15(13)23-17/h1-8,14,21H,9-10H2,(H,19,22). The van der Waals surface area contributed by atoms with Gasteiger partial charge in [-0.1, -0.05) is 36.0 Å². The smallest absolute Gasteiger partial charge is 0.257 e. The summed E-state index contributed by atoms with van der Waals surface area (Å²) in [5, 5.41) is 13.0. The topological polar surface area (TPSA) is 75.4 Å². The molecule has 0 saturated heterocycles. The number of aromatic nitrogens is 1. The second-order valence-electron chi connectivity index (χ2n) is 5.11. The van der Waals surface area contributed by atoms with Gasteiger partial charge in [0.15, 0.2) is 5.58 Å². The highest BCUT2D eigenvalue weighted by Gasteiger charge is 2.12. The maximum Gasteiger partial charge on any atom is 0.257 e. The molecule has 5 nitrogen and oxygen atoms in total. The first kappa shape index (κ1) is 16.5. The van der Waals surface area contributed by atoms with Crippen molar-refractivity contribution in [2.75, 3.05) is 12.3 Å². The number of amides is 1. The summed E-state index contributed by atoms with van der Waals surface area (Å²) in [5.74, 6) is -0.490. The molecular formula is C17H15FN2O3S. The molecule has 1 amide bonds. The van der Waals surface area contributed by atoms with Crippen LogP contribution in [-0.2, 0) is 4.79 Å². The van der Waals surface area contributed by atoms with E-state index >= 15 is 0 Å². The Morgan fingerprint density at radius 1 is 1.25 bits per heavy atom. The van der Waals surface area contributed by atoms with Gasteiger partial charge in [-0.25, -0.2) is 9.37 Å². The molecule has 124 valence electrons. The van der Waals surface area contributed by atoms with Gasteiger partial charge in [-0.3, -0.25) is 4.79 Å². The quantitative estimate of drug-likeness (QED) is 0.671. The van der Waals surface area contributed by atoms with Gasteiger partial charge in [0, 0.05) is 6.54 Å². The molecule has 3 aromatic rings. The number of hydrogen-bond donors (Lipinski definition) is 2. The minimum atomic E-state index is -0.885. The van der Waals surface area contributed by atoms with Crippen molar-refractivity contribution in [3.63, 3.8) is 0 Å². The first-order valence-corrected chi connectivity index (χ1v) is 8.29. The number of thioether (sulfide) groups is 1. The highest BCUT2D eigenvalue weighted by atomic mass is 32.2. The van der Waals surface area contributed by atoms with Crippen LogP contribution >= 0.6 is 11.8 Å². The summed E-state index contributed by atoms with van der Waals surface area (Å²) in [4.78, 5) is 16.1. The third-order valence-corrected chi connectivity index (χ3v) is 4.18. The van der Waals surface area contributed by atoms with Crippen molar-refractivity contribution in [3.05, 3.63) is 59.9 Å². The van der Waals surface area contributed by atoms with Gasteiger partial charge in [0.25, 0.3) is 5.22 Å². The van der Waals surface area contributed by atoms with Crippen molar-refractivity contribution in [3.8, 4) is 0 Å². The van der Waals surface area contributed by atoms with E-state index in [2.05, 4.69) is 10.3 Å². The fraction of sp³-hybridized carbons (Fsp3) is 0.176. The molecule has 0 fully saturated rings. The summed E-state index contributed by atoms with van der Waals surface area (Å²) >= 11 is 1.18. The number of benzene rings is 2. The number of rotatable bonds is 6. The Morgan fingerprint density at radius 2 is 2.00 bits per heavy atom. The van der Waals surface area contributed by atoms with Crippen LogP contribution in [0.5, 0.6) is 0 Å². The number of nitrogens with one attached hydrogen (secondary N) is 1. The van der Waals surface area contributed by atoms with Crippen LogP contribution in [0.2, 0.25) is 0 Å². The number of para-hydroxylation sites is 2. The summed E-state index contributed by atoms with van der Waals surface area (Å²) in [5.41, 5.74) is 1.96. The Hall–Kier alpha value is -2.38. The number of hydrogen-bond acceptors (Lipinski definition) is 5. The zero-order valence-electron chi connectivity index (χ0n) is 12.6. The third kappa shape index (κ3) is 4.12. The predicted octanol–water partition coefficient (Wildman–Crippen LogP) is 2.91. The lowest BCUT2D eigenvalue weighted by molar-refractivity contribution is -0.119. The summed E-state index contributed by atoms with van der Waals surface area (Å²) in [6.45, 7) is 0.0542. The fourth-order valence-corrected chi connectivity index (χ4v) is 2.77. The Kier molecular flexibility index (Phi) is 5.12. The normalized spacial score (nSPS) is 12.2. The van der Waals surface area contributed by atoms with Crippen molar-refractivity contribution < 1.29 is 18.7 Å². The van der Waals surface area contributed by atoms with E-state index in [1.54, 1.807) is 0 Å². The van der Waals surface area contributed by atoms with Crippen LogP contribution in [0.3, 0.4) is 0 Å². The average Bonchev–Trinajstić information content (AvgIpc) is 3.01. The number of carbonyl (C=O) groups is 1. The van der Waals surface area contributed by atoms with Crippen LogP contribution in [0.25, 0.3) is 11.1 Å². The van der Waals surface area contributed by atoms with E-state index in [4.69, 9.17) is 4.42 Å². The largest absolute Gasteiger partial charge is 0.431 e. The van der Waals surface area contributed by atoms with Crippen molar-refractivity contribution in [2.45, 2.75) is 11.3 Å². The zero-order chi connectivity index (χ0) is 16.9. The van der Waals surface area contributed by atoms with E-state index in [-0.39, 0.29) is 24.0 Å². The van der Waals surface area contributed by atoms with Gasteiger partial charge in [-0.15, -0.1) is 0 Å². The van der Waals surface area contributed by atoms with Crippen molar-refractivity contribution in [1.82, 2.24) is 10.3 Å². The molecule has 2 N–H and O–H groups in total. The molecule has 0 saturated carbocycles. The number of aliphatic hydroxyl groups is 1. The number of carbonyl (C=O) groups excluding carboxylic acids is 1. The van der Waals surface area contributed by atoms with Crippen molar-refractivity contribution in [1.29, 1.82) is 0 Å². The van der Waals surface area contributed by atoms with Crippen molar-refractivity contribution in [2.24, 2.45) is 0 Å². The van der Waals surface area contributed by atoms with E-state index in [1.807, 2.05) is 24.3 Å². The number of aliphatic hydroxyl groups excluding tert-OH is 1. The van der Waals surface area contributed by atoms with Gasteiger partial charge in [0.1, 0.15) is 11.3 Å². The maximum atomic E-state index is 12.8. The van der Waals surface area contributed by atoms with Crippen LogP contribution in [0, 0.1) is 5.82 Å². The first-order valence-electron chi connectivity index (χ1n) is 7.30. The molecule has 0 bridgehead atoms. The number of fused-ring (bicyclic) bond motifs is 1. The number of nitrogens with zero attached hydrogens (tertiary/aromatic N) is 1. The molecule has 24 heavy (non-hydrogen) atoms. The van der Waals surface area contributed by atoms with Gasteiger partial charge < -0.3 is 14.8 Å². The molecule has 0 spiro atoms. The van der Waals surface area contributed by atoms with Gasteiger partial charge >= 0.3 is 0 Å². The van der Waals surface area contributed by atoms with Crippen LogP contribution in [0.1, 0.15) is 11.7 Å². The number of oxazole rings is 1. The molecule has 0 radical (unpaired) electrons. The van der Waals surface area contributed by atoms with Crippen molar-refractivity contribution >= 4 is 28.8 Å². The monoisotopic (exact) mass is 346 g/mol. The lowest BCUT2D eigenvalue weighted by Gasteiger charge is -2.11. The molecule has 1 heterocycles. The number of halogens is 1. The van der Waals surface area contributed by atoms with Crippen LogP contribution in [0.4, 0.5) is 4.39 Å². The SMILES string of the molecule is O=C(CSc1nc2ccccc2o1)NCC(O)c1ccc(F)cc1. The average molecular weight is 346 g/mol. The molecule has 0 aliphatic heterocycles. The molecular weight excluding hydrogens is 331 g/mol. The van der Waals surface area contributed by atoms with E-state index in [9.17, 15) is 14.3 Å². The second-order valence-corrected chi connectivity index (χ2v) is 6.03. The highest BCUT2D eigenvalue weighted by molar-refractivity contribution is 7.99. The van der Waals surface area contributed by atoms with Crippen LogP contribution in [-0.4, -0.2) is 28.3 Å². The summed E-state index contributed by atoms with van der Waals surface area (Å²) < 4.78 is 18.3. The molecule has 1 atom stereocenters. The summed E-state index contributed by atoms with van der Waals surface area (Å²) in [7, 11) is 0. The van der Waals surface area contributed by atoms with Gasteiger partial charge in [0.05, 0.1) is 11.9 Å². The minimum absolute atomic E-state index is 0.0542. The van der Waals surface area contributed by atoms with Crippen LogP contribution in [0.15, 0.2) is 58.2 Å². The summed E-state index contributed by atoms with van der Waals surface area (Å²) in [6.07, 6.45) is -0.885. The third-order valence-electron chi connectivity index (χ3n) is 3.35. The van der Waals surface area contributed by atoms with E-state index in [0.717, 1.165) is 5.52 Å². The van der Waals surface area contributed by atoms with E-state index in [0.29, 0.717) is 16.4 Å². The Morgan fingerprint density at radius 3 is 2.75 bits per heavy atom. The summed E-state index contributed by atoms with van der Waals surface area (Å²) in [6, 6.07) is 12.9. The fourth-order valence-electron chi connectivity index (χ4n) is 2.10. The second kappa shape index (κ2) is 7.46. The Balaban J connectivity index is 1.47. The molecule has 0 aliphatic carbocycles. The Labute approximate surface area is 141 Å². The highest BCUT2D eigenvalue weighted by Crippen LogP contribution is 2.22. The molecule has 7 heteroatoms. The van der Waals surface area contributed by atoms with Crippen LogP contribution < -0.4 is 5.32 Å². The molecule has 1 unspecified atom stereocenters. The predicted molar refractivity (Wildman–Crippen MR) is 89.1 cm³/mol. The lowest BCUT2D eigenvalue weighted by atomic mass is 10.1. The first-order chi connectivity index (χ1) is 11.6. The molecule has 2 aromatic carbocycles. The zero-order valence-corrected chi connectivity index (χ0v) is 13.4.